The first-order valence-electron chi connectivity index (χ1n) is 3.72. The summed E-state index contributed by atoms with van der Waals surface area (Å²) in [6.45, 7) is 1.92. The molecular weight excluding hydrogens is 129 g/mol. The van der Waals surface area contributed by atoms with Crippen molar-refractivity contribution in [3.8, 4) is 6.07 Å². The van der Waals surface area contributed by atoms with E-state index in [2.05, 4.69) is 6.07 Å². The quantitative estimate of drug-likeness (QED) is 0.508. The average molecular weight is 141 g/mol. The van der Waals surface area contributed by atoms with Gasteiger partial charge in [0.1, 0.15) is 6.17 Å². The van der Waals surface area contributed by atoms with Crippen molar-refractivity contribution in [2.75, 3.05) is 0 Å². The first kappa shape index (κ1) is 7.53. The fourth-order valence-electron chi connectivity index (χ4n) is 1.33. The third-order valence-electron chi connectivity index (χ3n) is 2.29. The van der Waals surface area contributed by atoms with Gasteiger partial charge >= 0.3 is 0 Å². The summed E-state index contributed by atoms with van der Waals surface area (Å²) in [6, 6.07) is 2.23. The maximum atomic E-state index is 12.6. The molecule has 0 atom stereocenters. The molecule has 0 N–H and O–H groups in total. The third-order valence-corrected chi connectivity index (χ3v) is 2.29. The second-order valence-electron chi connectivity index (χ2n) is 3.35. The fourth-order valence-corrected chi connectivity index (χ4v) is 1.33. The van der Waals surface area contributed by atoms with E-state index in [0.717, 1.165) is 12.8 Å². The van der Waals surface area contributed by atoms with Crippen molar-refractivity contribution >= 4 is 0 Å². The van der Waals surface area contributed by atoms with Crippen LogP contribution in [-0.2, 0) is 0 Å². The van der Waals surface area contributed by atoms with Crippen molar-refractivity contribution < 1.29 is 4.39 Å². The Labute approximate surface area is 60.8 Å². The number of alkyl halides is 1. The Morgan fingerprint density at radius 1 is 1.50 bits per heavy atom. The molecule has 1 rings (SSSR count). The molecule has 0 aromatic heterocycles. The van der Waals surface area contributed by atoms with Crippen LogP contribution >= 0.6 is 0 Å². The van der Waals surface area contributed by atoms with Gasteiger partial charge in [0.05, 0.1) is 11.5 Å². The van der Waals surface area contributed by atoms with Gasteiger partial charge in [-0.25, -0.2) is 4.39 Å². The Kier molecular flexibility index (Phi) is 1.94. The van der Waals surface area contributed by atoms with E-state index in [9.17, 15) is 4.39 Å². The van der Waals surface area contributed by atoms with Crippen LogP contribution in [0.1, 0.15) is 32.6 Å². The molecule has 0 aromatic carbocycles. The van der Waals surface area contributed by atoms with Crippen LogP contribution < -0.4 is 0 Å². The standard InChI is InChI=1S/C8H12FN/c1-8(6-10)4-2-7(9)3-5-8/h7H,2-5H2,1H3/t7-,8-. The van der Waals surface area contributed by atoms with Gasteiger partial charge in [-0.05, 0) is 32.6 Å². The Morgan fingerprint density at radius 2 is 2.00 bits per heavy atom. The zero-order valence-electron chi connectivity index (χ0n) is 6.23. The molecule has 1 nitrogen and oxygen atoms in total. The highest BCUT2D eigenvalue weighted by atomic mass is 19.1. The van der Waals surface area contributed by atoms with Crippen LogP contribution in [0.5, 0.6) is 0 Å². The molecule has 56 valence electrons. The molecular formula is C8H12FN. The molecule has 10 heavy (non-hydrogen) atoms. The Hall–Kier alpha value is -0.580. The van der Waals surface area contributed by atoms with Crippen LogP contribution in [0.15, 0.2) is 0 Å². The van der Waals surface area contributed by atoms with Crippen LogP contribution in [0.2, 0.25) is 0 Å². The van der Waals surface area contributed by atoms with Gasteiger partial charge in [0.25, 0.3) is 0 Å². The van der Waals surface area contributed by atoms with Crippen molar-refractivity contribution in [3.63, 3.8) is 0 Å². The predicted molar refractivity (Wildman–Crippen MR) is 37.1 cm³/mol. The molecule has 1 saturated carbocycles. The number of halogens is 1. The molecule has 0 aromatic rings. The minimum Gasteiger partial charge on any atom is -0.247 e. The Morgan fingerprint density at radius 3 is 2.40 bits per heavy atom. The molecule has 1 fully saturated rings. The number of nitriles is 1. The highest BCUT2D eigenvalue weighted by Crippen LogP contribution is 2.35. The molecule has 0 radical (unpaired) electrons. The van der Waals surface area contributed by atoms with Gasteiger partial charge in [-0.3, -0.25) is 0 Å². The lowest BCUT2D eigenvalue weighted by atomic mass is 9.76. The molecule has 0 spiro atoms. The zero-order valence-corrected chi connectivity index (χ0v) is 6.23. The van der Waals surface area contributed by atoms with E-state index in [1.807, 2.05) is 6.92 Å². The van der Waals surface area contributed by atoms with Crippen LogP contribution in [0.3, 0.4) is 0 Å². The molecule has 0 bridgehead atoms. The maximum absolute atomic E-state index is 12.6. The van der Waals surface area contributed by atoms with E-state index in [1.54, 1.807) is 0 Å². The van der Waals surface area contributed by atoms with Crippen molar-refractivity contribution in [3.05, 3.63) is 0 Å². The fraction of sp³-hybridized carbons (Fsp3) is 0.875. The maximum Gasteiger partial charge on any atom is 0.100 e. The summed E-state index contributed by atoms with van der Waals surface area (Å²) in [5, 5.41) is 8.66. The minimum absolute atomic E-state index is 0.234. The van der Waals surface area contributed by atoms with Crippen molar-refractivity contribution in [1.29, 1.82) is 5.26 Å². The molecule has 1 aliphatic carbocycles. The molecule has 0 amide bonds. The van der Waals surface area contributed by atoms with E-state index in [1.165, 1.54) is 0 Å². The monoisotopic (exact) mass is 141 g/mol. The largest absolute Gasteiger partial charge is 0.247 e. The predicted octanol–water partition coefficient (Wildman–Crippen LogP) is 2.43. The third kappa shape index (κ3) is 1.47. The highest BCUT2D eigenvalue weighted by Gasteiger charge is 2.30. The number of nitrogens with zero attached hydrogens (tertiary/aromatic N) is 1. The summed E-state index contributed by atoms with van der Waals surface area (Å²) in [7, 11) is 0. The van der Waals surface area contributed by atoms with E-state index in [4.69, 9.17) is 5.26 Å². The average Bonchev–Trinajstić information content (AvgIpc) is 1.96. The van der Waals surface area contributed by atoms with Crippen LogP contribution in [0.4, 0.5) is 4.39 Å². The summed E-state index contributed by atoms with van der Waals surface area (Å²) >= 11 is 0. The van der Waals surface area contributed by atoms with Gasteiger partial charge in [-0.1, -0.05) is 0 Å². The van der Waals surface area contributed by atoms with E-state index < -0.39 is 6.17 Å². The minimum atomic E-state index is -0.651. The van der Waals surface area contributed by atoms with Gasteiger partial charge in [-0.2, -0.15) is 5.26 Å². The summed E-state index contributed by atoms with van der Waals surface area (Å²) in [5.41, 5.74) is -0.234. The lowest BCUT2D eigenvalue weighted by molar-refractivity contribution is 0.178. The normalized spacial score (nSPS) is 40.7. The van der Waals surface area contributed by atoms with E-state index in [-0.39, 0.29) is 5.41 Å². The molecule has 2 heteroatoms. The number of rotatable bonds is 0. The first-order chi connectivity index (χ1) is 4.66. The van der Waals surface area contributed by atoms with Crippen LogP contribution in [0.25, 0.3) is 0 Å². The zero-order chi connectivity index (χ0) is 7.61. The smallest absolute Gasteiger partial charge is 0.100 e. The van der Waals surface area contributed by atoms with Crippen molar-refractivity contribution in [2.45, 2.75) is 38.8 Å². The van der Waals surface area contributed by atoms with E-state index in [0.29, 0.717) is 12.8 Å². The van der Waals surface area contributed by atoms with Crippen LogP contribution in [0, 0.1) is 16.7 Å². The second-order valence-corrected chi connectivity index (χ2v) is 3.35. The topological polar surface area (TPSA) is 23.8 Å². The number of hydrogen-bond donors (Lipinski definition) is 0. The first-order valence-corrected chi connectivity index (χ1v) is 3.72. The Balaban J connectivity index is 2.48. The van der Waals surface area contributed by atoms with E-state index >= 15 is 0 Å². The lowest BCUT2D eigenvalue weighted by Crippen LogP contribution is -2.23. The lowest BCUT2D eigenvalue weighted by Gasteiger charge is -2.27. The van der Waals surface area contributed by atoms with Gasteiger partial charge in [0.15, 0.2) is 0 Å². The molecule has 0 unspecified atom stereocenters. The summed E-state index contributed by atoms with van der Waals surface area (Å²) in [6.07, 6.45) is 1.95. The summed E-state index contributed by atoms with van der Waals surface area (Å²) in [4.78, 5) is 0. The Bertz CT molecular complexity index is 151. The molecule has 0 saturated heterocycles. The molecule has 1 aliphatic rings. The van der Waals surface area contributed by atoms with Gasteiger partial charge in [0.2, 0.25) is 0 Å². The van der Waals surface area contributed by atoms with Crippen molar-refractivity contribution in [2.24, 2.45) is 5.41 Å². The molecule has 0 heterocycles. The van der Waals surface area contributed by atoms with Gasteiger partial charge in [-0.15, -0.1) is 0 Å². The summed E-state index contributed by atoms with van der Waals surface area (Å²) in [5.74, 6) is 0. The summed E-state index contributed by atoms with van der Waals surface area (Å²) < 4.78 is 12.6. The van der Waals surface area contributed by atoms with Gasteiger partial charge in [0, 0.05) is 0 Å². The molecule has 0 aliphatic heterocycles. The SMILES string of the molecule is C[C@]1(C#N)CC[C@H](F)CC1. The van der Waals surface area contributed by atoms with Crippen molar-refractivity contribution in [1.82, 2.24) is 0 Å². The number of hydrogen-bond acceptors (Lipinski definition) is 1. The van der Waals surface area contributed by atoms with Crippen LogP contribution in [-0.4, -0.2) is 6.17 Å². The highest BCUT2D eigenvalue weighted by molar-refractivity contribution is 4.98. The second kappa shape index (κ2) is 2.57. The van der Waals surface area contributed by atoms with Gasteiger partial charge < -0.3 is 0 Å².